The third kappa shape index (κ3) is 3.96. The Labute approximate surface area is 140 Å². The fourth-order valence-electron chi connectivity index (χ4n) is 1.77. The Morgan fingerprint density at radius 1 is 1.57 bits per heavy atom. The number of aromatic nitrogens is 1. The smallest absolute Gasteiger partial charge is 0.265 e. The van der Waals surface area contributed by atoms with Crippen molar-refractivity contribution >= 4 is 55.5 Å². The first-order valence-electron chi connectivity index (χ1n) is 6.50. The molecular formula is C13H17BrN4OS2. The van der Waals surface area contributed by atoms with E-state index in [9.17, 15) is 4.79 Å². The maximum atomic E-state index is 12.2. The molecule has 2 aromatic heterocycles. The van der Waals surface area contributed by atoms with Crippen LogP contribution in [-0.2, 0) is 6.54 Å². The molecule has 3 N–H and O–H groups in total. The standard InChI is InChI=1S/C13H17BrN4OS2/c1-3-5-18(2)13-17-11(15)10(21-13)12(19)16-7-9-8(14)4-6-20-9/h4,6H,3,5,7,15H2,1-2H3,(H,16,19). The maximum absolute atomic E-state index is 12.2. The number of hydrogen-bond acceptors (Lipinski definition) is 6. The number of thiophene rings is 1. The molecule has 2 heterocycles. The first kappa shape index (κ1) is 16.3. The highest BCUT2D eigenvalue weighted by Crippen LogP contribution is 2.28. The number of amides is 1. The van der Waals surface area contributed by atoms with E-state index in [4.69, 9.17) is 5.73 Å². The highest BCUT2D eigenvalue weighted by atomic mass is 79.9. The molecule has 5 nitrogen and oxygen atoms in total. The van der Waals surface area contributed by atoms with Crippen LogP contribution < -0.4 is 16.0 Å². The van der Waals surface area contributed by atoms with Gasteiger partial charge in [0.05, 0.1) is 6.54 Å². The average Bonchev–Trinajstić information content (AvgIpc) is 3.02. The van der Waals surface area contributed by atoms with Gasteiger partial charge >= 0.3 is 0 Å². The van der Waals surface area contributed by atoms with E-state index in [0.717, 1.165) is 27.4 Å². The van der Waals surface area contributed by atoms with E-state index in [1.54, 1.807) is 11.3 Å². The Morgan fingerprint density at radius 2 is 2.33 bits per heavy atom. The van der Waals surface area contributed by atoms with Crippen molar-refractivity contribution in [1.29, 1.82) is 0 Å². The van der Waals surface area contributed by atoms with E-state index in [2.05, 4.69) is 33.2 Å². The maximum Gasteiger partial charge on any atom is 0.265 e. The van der Waals surface area contributed by atoms with Gasteiger partial charge < -0.3 is 16.0 Å². The molecule has 0 radical (unpaired) electrons. The molecule has 0 aromatic carbocycles. The number of halogens is 1. The molecule has 0 saturated heterocycles. The molecule has 0 unspecified atom stereocenters. The van der Waals surface area contributed by atoms with Gasteiger partial charge in [-0.25, -0.2) is 4.98 Å². The van der Waals surface area contributed by atoms with Gasteiger partial charge in [0.1, 0.15) is 10.7 Å². The summed E-state index contributed by atoms with van der Waals surface area (Å²) in [5.41, 5.74) is 5.86. The molecule has 0 aliphatic rings. The minimum Gasteiger partial charge on any atom is -0.382 e. The second-order valence-corrected chi connectivity index (χ2v) is 7.34. The molecule has 2 aromatic rings. The summed E-state index contributed by atoms with van der Waals surface area (Å²) in [6.07, 6.45) is 1.02. The largest absolute Gasteiger partial charge is 0.382 e. The van der Waals surface area contributed by atoms with Gasteiger partial charge in [0, 0.05) is 22.9 Å². The second kappa shape index (κ2) is 7.24. The first-order valence-corrected chi connectivity index (χ1v) is 8.99. The van der Waals surface area contributed by atoms with Crippen molar-refractivity contribution in [3.05, 3.63) is 25.7 Å². The highest BCUT2D eigenvalue weighted by Gasteiger charge is 2.18. The van der Waals surface area contributed by atoms with Crippen LogP contribution in [0.4, 0.5) is 10.9 Å². The zero-order valence-corrected chi connectivity index (χ0v) is 15.1. The van der Waals surface area contributed by atoms with Gasteiger partial charge in [-0.1, -0.05) is 18.3 Å². The van der Waals surface area contributed by atoms with Crippen LogP contribution in [0.25, 0.3) is 0 Å². The lowest BCUT2D eigenvalue weighted by Crippen LogP contribution is -2.22. The van der Waals surface area contributed by atoms with Gasteiger partial charge in [-0.05, 0) is 33.8 Å². The van der Waals surface area contributed by atoms with Crippen molar-refractivity contribution in [3.8, 4) is 0 Å². The van der Waals surface area contributed by atoms with Gasteiger partial charge in [0.2, 0.25) is 0 Å². The second-order valence-electron chi connectivity index (χ2n) is 4.51. The Hall–Kier alpha value is -1.12. The molecular weight excluding hydrogens is 372 g/mol. The number of nitrogens with two attached hydrogens (primary N) is 1. The number of nitrogens with zero attached hydrogens (tertiary/aromatic N) is 2. The summed E-state index contributed by atoms with van der Waals surface area (Å²) in [6, 6.07) is 1.96. The summed E-state index contributed by atoms with van der Waals surface area (Å²) < 4.78 is 1.01. The number of carbonyl (C=O) groups excluding carboxylic acids is 1. The molecule has 0 aliphatic carbocycles. The van der Waals surface area contributed by atoms with E-state index in [-0.39, 0.29) is 5.91 Å². The predicted molar refractivity (Wildman–Crippen MR) is 93.3 cm³/mol. The summed E-state index contributed by atoms with van der Waals surface area (Å²) >= 11 is 6.37. The van der Waals surface area contributed by atoms with Gasteiger partial charge in [0.15, 0.2) is 5.13 Å². The highest BCUT2D eigenvalue weighted by molar-refractivity contribution is 9.10. The van der Waals surface area contributed by atoms with Gasteiger partial charge in [-0.3, -0.25) is 4.79 Å². The Bertz CT molecular complexity index is 625. The number of nitrogens with one attached hydrogen (secondary N) is 1. The minimum absolute atomic E-state index is 0.179. The van der Waals surface area contributed by atoms with Crippen molar-refractivity contribution in [2.75, 3.05) is 24.2 Å². The average molecular weight is 389 g/mol. The molecule has 2 rings (SSSR count). The van der Waals surface area contributed by atoms with Crippen LogP contribution in [0.1, 0.15) is 27.9 Å². The van der Waals surface area contributed by atoms with E-state index < -0.39 is 0 Å². The number of thiazole rings is 1. The molecule has 0 aliphatic heterocycles. The predicted octanol–water partition coefficient (Wildman–Crippen LogP) is 3.33. The molecule has 0 atom stereocenters. The lowest BCUT2D eigenvalue weighted by molar-refractivity contribution is 0.0956. The molecule has 0 spiro atoms. The monoisotopic (exact) mass is 388 g/mol. The van der Waals surface area contributed by atoms with E-state index in [1.807, 2.05) is 23.4 Å². The third-order valence-corrected chi connectivity index (χ3v) is 5.94. The molecule has 114 valence electrons. The van der Waals surface area contributed by atoms with Crippen LogP contribution in [-0.4, -0.2) is 24.5 Å². The van der Waals surface area contributed by atoms with Crippen molar-refractivity contribution in [3.63, 3.8) is 0 Å². The van der Waals surface area contributed by atoms with Crippen LogP contribution in [0.2, 0.25) is 0 Å². The Kier molecular flexibility index (Phi) is 5.60. The Morgan fingerprint density at radius 3 is 2.95 bits per heavy atom. The van der Waals surface area contributed by atoms with Crippen LogP contribution >= 0.6 is 38.6 Å². The first-order chi connectivity index (χ1) is 10.0. The number of carbonyl (C=O) groups is 1. The summed E-state index contributed by atoms with van der Waals surface area (Å²) in [5.74, 6) is 0.113. The summed E-state index contributed by atoms with van der Waals surface area (Å²) in [5, 5.41) is 5.63. The molecule has 1 amide bonds. The fraction of sp³-hybridized carbons (Fsp3) is 0.385. The third-order valence-electron chi connectivity index (χ3n) is 2.83. The van der Waals surface area contributed by atoms with Crippen LogP contribution in [0.15, 0.2) is 15.9 Å². The fourth-order valence-corrected chi connectivity index (χ4v) is 4.09. The Balaban J connectivity index is 2.04. The number of nitrogen functional groups attached to an aromatic ring is 1. The van der Waals surface area contributed by atoms with Gasteiger partial charge in [-0.2, -0.15) is 0 Å². The van der Waals surface area contributed by atoms with Crippen molar-refractivity contribution in [2.24, 2.45) is 0 Å². The SMILES string of the molecule is CCCN(C)c1nc(N)c(C(=O)NCc2sccc2Br)s1. The van der Waals surface area contributed by atoms with E-state index in [0.29, 0.717) is 17.2 Å². The molecule has 0 fully saturated rings. The number of rotatable bonds is 6. The zero-order valence-electron chi connectivity index (χ0n) is 11.9. The summed E-state index contributed by atoms with van der Waals surface area (Å²) in [6.45, 7) is 3.46. The number of anilines is 2. The normalized spacial score (nSPS) is 10.6. The van der Waals surface area contributed by atoms with Crippen LogP contribution in [0, 0.1) is 0 Å². The molecule has 0 bridgehead atoms. The number of hydrogen-bond donors (Lipinski definition) is 2. The van der Waals surface area contributed by atoms with Gasteiger partial charge in [0.25, 0.3) is 5.91 Å². The van der Waals surface area contributed by atoms with Gasteiger partial charge in [-0.15, -0.1) is 11.3 Å². The lowest BCUT2D eigenvalue weighted by Gasteiger charge is -2.13. The van der Waals surface area contributed by atoms with Crippen LogP contribution in [0.3, 0.4) is 0 Å². The van der Waals surface area contributed by atoms with E-state index in [1.165, 1.54) is 11.3 Å². The summed E-state index contributed by atoms with van der Waals surface area (Å²) in [4.78, 5) is 20.0. The van der Waals surface area contributed by atoms with Crippen molar-refractivity contribution in [1.82, 2.24) is 10.3 Å². The quantitative estimate of drug-likeness (QED) is 0.795. The van der Waals surface area contributed by atoms with Crippen molar-refractivity contribution in [2.45, 2.75) is 19.9 Å². The topological polar surface area (TPSA) is 71.2 Å². The summed E-state index contributed by atoms with van der Waals surface area (Å²) in [7, 11) is 1.95. The minimum atomic E-state index is -0.179. The van der Waals surface area contributed by atoms with Crippen LogP contribution in [0.5, 0.6) is 0 Å². The molecule has 8 heteroatoms. The molecule has 21 heavy (non-hydrogen) atoms. The zero-order chi connectivity index (χ0) is 15.4. The molecule has 0 saturated carbocycles. The van der Waals surface area contributed by atoms with E-state index >= 15 is 0 Å². The van der Waals surface area contributed by atoms with Crippen molar-refractivity contribution < 1.29 is 4.79 Å². The lowest BCUT2D eigenvalue weighted by atomic mass is 10.4.